The van der Waals surface area contributed by atoms with Crippen LogP contribution in [0.25, 0.3) is 68.9 Å². The quantitative estimate of drug-likeness (QED) is 0.228. The standard InChI is InChI=1S/C29H15NOS/c31-29-20-11-4-1-8-16(20)19-13-7-14-22-24-17-9-2-3-10-18(17)25-21-12-5-6-15-23(21)32-28(25)27(24)30(29)26(19)22/h1-15H. The Bertz CT molecular complexity index is 2110. The van der Waals surface area contributed by atoms with E-state index in [1.807, 2.05) is 22.6 Å². The first kappa shape index (κ1) is 16.7. The van der Waals surface area contributed by atoms with Gasteiger partial charge in [-0.05, 0) is 28.3 Å². The number of rotatable bonds is 0. The van der Waals surface area contributed by atoms with Crippen molar-refractivity contribution in [2.24, 2.45) is 0 Å². The van der Waals surface area contributed by atoms with Crippen LogP contribution in [-0.4, -0.2) is 4.40 Å². The van der Waals surface area contributed by atoms with Crippen molar-refractivity contribution in [3.05, 3.63) is 101 Å². The number of hydrogen-bond donors (Lipinski definition) is 0. The number of para-hydroxylation sites is 1. The van der Waals surface area contributed by atoms with Crippen molar-refractivity contribution in [3.63, 3.8) is 0 Å². The minimum atomic E-state index is 0.0633. The maximum absolute atomic E-state index is 13.9. The molecule has 32 heavy (non-hydrogen) atoms. The summed E-state index contributed by atoms with van der Waals surface area (Å²) >= 11 is 1.79. The van der Waals surface area contributed by atoms with E-state index in [-0.39, 0.29) is 5.56 Å². The molecule has 3 heterocycles. The number of thiophene rings is 1. The van der Waals surface area contributed by atoms with Crippen LogP contribution in [0, 0.1) is 0 Å². The van der Waals surface area contributed by atoms with Crippen LogP contribution in [0.1, 0.15) is 0 Å². The normalized spacial score (nSPS) is 12.5. The second-order valence-electron chi connectivity index (χ2n) is 8.46. The number of benzene rings is 5. The lowest BCUT2D eigenvalue weighted by molar-refractivity contribution is 1.22. The van der Waals surface area contributed by atoms with E-state index >= 15 is 0 Å². The van der Waals surface area contributed by atoms with E-state index in [0.717, 1.165) is 32.6 Å². The van der Waals surface area contributed by atoms with Crippen molar-refractivity contribution in [2.45, 2.75) is 0 Å². The third-order valence-corrected chi connectivity index (χ3v) is 8.09. The highest BCUT2D eigenvalue weighted by molar-refractivity contribution is 7.27. The van der Waals surface area contributed by atoms with Gasteiger partial charge in [0.15, 0.2) is 0 Å². The number of hydrogen-bond acceptors (Lipinski definition) is 2. The molecule has 0 amide bonds. The van der Waals surface area contributed by atoms with E-state index in [9.17, 15) is 4.79 Å². The van der Waals surface area contributed by atoms with Crippen LogP contribution in [0.5, 0.6) is 0 Å². The van der Waals surface area contributed by atoms with Gasteiger partial charge in [0, 0.05) is 37.0 Å². The zero-order valence-corrected chi connectivity index (χ0v) is 17.7. The maximum atomic E-state index is 13.9. The summed E-state index contributed by atoms with van der Waals surface area (Å²) in [6.45, 7) is 0. The van der Waals surface area contributed by atoms with Gasteiger partial charge in [-0.1, -0.05) is 78.9 Å². The molecule has 0 aliphatic rings. The Kier molecular flexibility index (Phi) is 2.94. The van der Waals surface area contributed by atoms with Gasteiger partial charge in [-0.15, -0.1) is 11.3 Å². The Morgan fingerprint density at radius 1 is 0.500 bits per heavy atom. The molecule has 0 N–H and O–H groups in total. The van der Waals surface area contributed by atoms with Crippen LogP contribution >= 0.6 is 11.3 Å². The lowest BCUT2D eigenvalue weighted by atomic mass is 9.98. The molecule has 8 rings (SSSR count). The van der Waals surface area contributed by atoms with Gasteiger partial charge in [0.1, 0.15) is 0 Å². The van der Waals surface area contributed by atoms with E-state index in [0.29, 0.717) is 0 Å². The molecule has 148 valence electrons. The number of fused-ring (bicyclic) bond motifs is 12. The highest BCUT2D eigenvalue weighted by Crippen LogP contribution is 2.47. The molecule has 2 nitrogen and oxygen atoms in total. The first-order chi connectivity index (χ1) is 15.8. The first-order valence-corrected chi connectivity index (χ1v) is 11.6. The molecule has 8 aromatic rings. The predicted molar refractivity (Wildman–Crippen MR) is 138 cm³/mol. The second kappa shape index (κ2) is 5.64. The highest BCUT2D eigenvalue weighted by Gasteiger charge is 2.22. The van der Waals surface area contributed by atoms with Crippen LogP contribution in [0.4, 0.5) is 0 Å². The summed E-state index contributed by atoms with van der Waals surface area (Å²) in [7, 11) is 0. The fraction of sp³-hybridized carbons (Fsp3) is 0. The maximum Gasteiger partial charge on any atom is 0.263 e. The molecule has 3 heteroatoms. The molecule has 0 aliphatic heterocycles. The summed E-state index contributed by atoms with van der Waals surface area (Å²) < 4.78 is 4.43. The van der Waals surface area contributed by atoms with Gasteiger partial charge in [-0.25, -0.2) is 0 Å². The van der Waals surface area contributed by atoms with E-state index in [1.165, 1.54) is 36.3 Å². The molecule has 0 saturated heterocycles. The largest absolute Gasteiger partial charge is 0.274 e. The van der Waals surface area contributed by atoms with Gasteiger partial charge in [-0.3, -0.25) is 9.20 Å². The highest BCUT2D eigenvalue weighted by atomic mass is 32.1. The van der Waals surface area contributed by atoms with Gasteiger partial charge in [0.25, 0.3) is 5.56 Å². The Labute approximate surface area is 185 Å². The third kappa shape index (κ3) is 1.81. The first-order valence-electron chi connectivity index (χ1n) is 10.8. The fourth-order valence-electron chi connectivity index (χ4n) is 5.67. The molecule has 0 atom stereocenters. The van der Waals surface area contributed by atoms with Crippen molar-refractivity contribution >= 4 is 80.2 Å². The average Bonchev–Trinajstić information content (AvgIpc) is 3.40. The zero-order valence-electron chi connectivity index (χ0n) is 16.9. The Morgan fingerprint density at radius 3 is 1.91 bits per heavy atom. The molecule has 5 aromatic carbocycles. The van der Waals surface area contributed by atoms with Crippen LogP contribution in [-0.2, 0) is 0 Å². The third-order valence-electron chi connectivity index (χ3n) is 6.92. The summed E-state index contributed by atoms with van der Waals surface area (Å²) in [6.07, 6.45) is 0. The summed E-state index contributed by atoms with van der Waals surface area (Å²) in [5.41, 5.74) is 2.14. The van der Waals surface area contributed by atoms with Crippen molar-refractivity contribution in [3.8, 4) is 0 Å². The number of nitrogens with zero attached hydrogens (tertiary/aromatic N) is 1. The zero-order chi connectivity index (χ0) is 21.0. The lowest BCUT2D eigenvalue weighted by Crippen LogP contribution is -2.12. The van der Waals surface area contributed by atoms with Crippen molar-refractivity contribution < 1.29 is 0 Å². The van der Waals surface area contributed by atoms with E-state index in [4.69, 9.17) is 0 Å². The number of pyridine rings is 1. The van der Waals surface area contributed by atoms with E-state index < -0.39 is 0 Å². The predicted octanol–water partition coefficient (Wildman–Crippen LogP) is 7.72. The Balaban J connectivity index is 1.87. The molecular weight excluding hydrogens is 410 g/mol. The molecule has 0 fully saturated rings. The monoisotopic (exact) mass is 425 g/mol. The van der Waals surface area contributed by atoms with Gasteiger partial charge in [0.05, 0.1) is 15.7 Å². The SMILES string of the molecule is O=c1c2ccccc2c2cccc3c4c5ccccc5c5c6ccccc6sc5c4n1c23. The van der Waals surface area contributed by atoms with Crippen molar-refractivity contribution in [1.29, 1.82) is 0 Å². The molecule has 3 aromatic heterocycles. The molecule has 0 spiro atoms. The molecule has 0 radical (unpaired) electrons. The Hall–Kier alpha value is -3.95. The Morgan fingerprint density at radius 2 is 1.09 bits per heavy atom. The van der Waals surface area contributed by atoms with E-state index in [2.05, 4.69) is 72.8 Å². The van der Waals surface area contributed by atoms with Crippen LogP contribution in [0.3, 0.4) is 0 Å². The fourth-order valence-corrected chi connectivity index (χ4v) is 6.93. The van der Waals surface area contributed by atoms with Gasteiger partial charge in [-0.2, -0.15) is 0 Å². The summed E-state index contributed by atoms with van der Waals surface area (Å²) in [5, 5.41) is 10.2. The molecule has 0 aliphatic carbocycles. The van der Waals surface area contributed by atoms with Crippen LogP contribution < -0.4 is 5.56 Å². The minimum absolute atomic E-state index is 0.0633. The van der Waals surface area contributed by atoms with E-state index in [1.54, 1.807) is 11.3 Å². The smallest absolute Gasteiger partial charge is 0.263 e. The van der Waals surface area contributed by atoms with Crippen molar-refractivity contribution in [2.75, 3.05) is 0 Å². The molecule has 0 unspecified atom stereocenters. The van der Waals surface area contributed by atoms with Crippen LogP contribution in [0.2, 0.25) is 0 Å². The minimum Gasteiger partial charge on any atom is -0.274 e. The second-order valence-corrected chi connectivity index (χ2v) is 9.51. The molecular formula is C29H15NOS. The average molecular weight is 426 g/mol. The lowest BCUT2D eigenvalue weighted by Gasteiger charge is -2.06. The van der Waals surface area contributed by atoms with Crippen LogP contribution in [0.15, 0.2) is 95.8 Å². The summed E-state index contributed by atoms with van der Waals surface area (Å²) in [4.78, 5) is 13.9. The van der Waals surface area contributed by atoms with Gasteiger partial charge < -0.3 is 0 Å². The van der Waals surface area contributed by atoms with Gasteiger partial charge >= 0.3 is 0 Å². The summed E-state index contributed by atoms with van der Waals surface area (Å²) in [6, 6.07) is 31.7. The van der Waals surface area contributed by atoms with Gasteiger partial charge in [0.2, 0.25) is 0 Å². The number of aromatic nitrogens is 1. The van der Waals surface area contributed by atoms with Crippen molar-refractivity contribution in [1.82, 2.24) is 4.40 Å². The topological polar surface area (TPSA) is 21.5 Å². The molecule has 0 bridgehead atoms. The summed E-state index contributed by atoms with van der Waals surface area (Å²) in [5.74, 6) is 0. The molecule has 0 saturated carbocycles.